The van der Waals surface area contributed by atoms with E-state index < -0.39 is 48.9 Å². The number of amides is 2. The molecule has 0 radical (unpaired) electrons. The number of hydrogen-bond acceptors (Lipinski definition) is 4. The number of ether oxygens (including phenoxy) is 2. The molecule has 2 amide bonds. The van der Waals surface area contributed by atoms with Crippen LogP contribution in [0.5, 0.6) is 5.75 Å². The highest BCUT2D eigenvalue weighted by atomic mass is 35.5. The van der Waals surface area contributed by atoms with Gasteiger partial charge in [-0.2, -0.15) is 0 Å². The first-order valence-corrected chi connectivity index (χ1v) is 18.8. The van der Waals surface area contributed by atoms with E-state index >= 15 is 4.39 Å². The van der Waals surface area contributed by atoms with Gasteiger partial charge in [0.1, 0.15) is 11.2 Å². The number of rotatable bonds is 6. The number of carbonyl (C=O) groups excluding carboxylic acids is 2. The summed E-state index contributed by atoms with van der Waals surface area (Å²) < 4.78 is 41.3. The number of carbonyl (C=O) groups is 2. The Balaban J connectivity index is 0.000000488. The summed E-state index contributed by atoms with van der Waals surface area (Å²) in [6.07, 6.45) is -0.458. The van der Waals surface area contributed by atoms with Gasteiger partial charge in [-0.3, -0.25) is 9.59 Å². The van der Waals surface area contributed by atoms with Crippen LogP contribution < -0.4 is 15.4 Å². The van der Waals surface area contributed by atoms with Crippen molar-refractivity contribution in [3.63, 3.8) is 0 Å². The first-order chi connectivity index (χ1) is 20.6. The van der Waals surface area contributed by atoms with Gasteiger partial charge in [-0.1, -0.05) is 61.0 Å². The maximum atomic E-state index is 15.6. The van der Waals surface area contributed by atoms with Crippen LogP contribution in [-0.4, -0.2) is 38.8 Å². The van der Waals surface area contributed by atoms with E-state index in [-0.39, 0.29) is 23.8 Å². The van der Waals surface area contributed by atoms with Crippen LogP contribution in [0.1, 0.15) is 55.8 Å². The molecule has 236 valence electrons. The van der Waals surface area contributed by atoms with Crippen molar-refractivity contribution in [2.75, 3.05) is 12.4 Å². The van der Waals surface area contributed by atoms with Crippen molar-refractivity contribution in [3.05, 3.63) is 93.0 Å². The van der Waals surface area contributed by atoms with Crippen LogP contribution in [0.3, 0.4) is 0 Å². The predicted octanol–water partition coefficient (Wildman–Crippen LogP) is 8.19. The smallest absolute Gasteiger partial charge is 0.238 e. The Morgan fingerprint density at radius 1 is 0.977 bits per heavy atom. The molecule has 1 saturated heterocycles. The zero-order valence-corrected chi connectivity index (χ0v) is 28.4. The monoisotopic (exact) mass is 662 g/mol. The van der Waals surface area contributed by atoms with E-state index in [9.17, 15) is 14.0 Å². The fourth-order valence-electron chi connectivity index (χ4n) is 5.77. The highest BCUT2D eigenvalue weighted by Gasteiger charge is 2.62. The van der Waals surface area contributed by atoms with Gasteiger partial charge in [-0.25, -0.2) is 8.78 Å². The van der Waals surface area contributed by atoms with Crippen LogP contribution in [0.2, 0.25) is 29.7 Å². The van der Waals surface area contributed by atoms with Crippen LogP contribution in [0.4, 0.5) is 14.5 Å². The molecular weight excluding hydrogens is 625 g/mol. The Hall–Kier alpha value is -2.98. The molecule has 5 rings (SSSR count). The van der Waals surface area contributed by atoms with Gasteiger partial charge < -0.3 is 20.1 Å². The number of nitrogens with one attached hydrogen (secondary N) is 2. The zero-order valence-electron chi connectivity index (χ0n) is 25.9. The Morgan fingerprint density at radius 2 is 1.66 bits per heavy atom. The van der Waals surface area contributed by atoms with Crippen LogP contribution >= 0.6 is 23.2 Å². The fourth-order valence-corrected chi connectivity index (χ4v) is 6.85. The molecule has 2 N–H and O–H groups in total. The molecule has 44 heavy (non-hydrogen) atoms. The van der Waals surface area contributed by atoms with E-state index in [1.807, 2.05) is 0 Å². The summed E-state index contributed by atoms with van der Waals surface area (Å²) in [5.74, 6) is -3.94. The summed E-state index contributed by atoms with van der Waals surface area (Å²) in [5, 5.41) is 6.46. The van der Waals surface area contributed by atoms with Crippen molar-refractivity contribution in [2.45, 2.75) is 76.0 Å². The Morgan fingerprint density at radius 3 is 2.25 bits per heavy atom. The van der Waals surface area contributed by atoms with Crippen molar-refractivity contribution in [2.24, 2.45) is 0 Å². The molecule has 0 aromatic heterocycles. The van der Waals surface area contributed by atoms with Gasteiger partial charge in [-0.15, -0.1) is 0 Å². The minimum atomic E-state index is -1.55. The first kappa shape index (κ1) is 33.9. The van der Waals surface area contributed by atoms with Crippen molar-refractivity contribution < 1.29 is 27.8 Å². The molecule has 0 aliphatic carbocycles. The molecule has 3 aromatic rings. The Kier molecular flexibility index (Phi) is 10.1. The minimum Gasteiger partial charge on any atom is -0.491 e. The number of halogens is 4. The predicted molar refractivity (Wildman–Crippen MR) is 173 cm³/mol. The molecule has 11 heteroatoms. The average molecular weight is 664 g/mol. The second-order valence-corrected chi connectivity index (χ2v) is 18.9. The lowest BCUT2D eigenvalue weighted by Crippen LogP contribution is -2.57. The van der Waals surface area contributed by atoms with E-state index in [1.165, 1.54) is 6.07 Å². The number of fused-ring (bicyclic) bond motifs is 2. The largest absolute Gasteiger partial charge is 0.491 e. The number of anilines is 1. The zero-order chi connectivity index (χ0) is 32.6. The molecule has 1 spiro atoms. The molecular formula is C33H38Cl2F2N2O4Si. The third kappa shape index (κ3) is 6.52. The van der Waals surface area contributed by atoms with Gasteiger partial charge in [0.2, 0.25) is 11.8 Å². The van der Waals surface area contributed by atoms with Crippen molar-refractivity contribution in [1.82, 2.24) is 5.32 Å². The Bertz CT molecular complexity index is 1570. The number of piperidine rings is 1. The minimum absolute atomic E-state index is 0.0375. The van der Waals surface area contributed by atoms with E-state index in [0.29, 0.717) is 32.6 Å². The molecule has 0 saturated carbocycles. The summed E-state index contributed by atoms with van der Waals surface area (Å²) in [4.78, 5) is 27.1. The average Bonchev–Trinajstić information content (AvgIpc) is 3.22. The molecule has 2 aliphatic rings. The highest BCUT2D eigenvalue weighted by molar-refractivity contribution is 6.77. The fraction of sp³-hybridized carbons (Fsp3) is 0.394. The van der Waals surface area contributed by atoms with Gasteiger partial charge >= 0.3 is 0 Å². The molecule has 3 aromatic carbocycles. The number of hydrogen-bond donors (Lipinski definition) is 2. The van der Waals surface area contributed by atoms with Gasteiger partial charge in [-0.05, 0) is 68.3 Å². The normalized spacial score (nSPS) is 21.7. The molecule has 2 heterocycles. The van der Waals surface area contributed by atoms with Crippen molar-refractivity contribution >= 4 is 48.8 Å². The molecule has 6 nitrogen and oxygen atoms in total. The standard InChI is InChI=1S/C27H22Cl2F2N2O3.C6H16OSi/c1-13(2)36-21-9-8-19(30)24(31)23(21)25-27(17-7-6-16(29)11-20(17)32-26(27)35)18(12-22(34)33-25)14-4-3-5-15(28)10-14;1-6(7-2)8(3,4)5/h3-11,13,18,25H,12H2,1-2H3,(H,32,35)(H,33,34);6H,1-5H3. The summed E-state index contributed by atoms with van der Waals surface area (Å²) in [5.41, 5.74) is 0.255. The van der Waals surface area contributed by atoms with Gasteiger partial charge in [0.25, 0.3) is 0 Å². The van der Waals surface area contributed by atoms with E-state index in [1.54, 1.807) is 63.4 Å². The Labute approximate surface area is 268 Å². The summed E-state index contributed by atoms with van der Waals surface area (Å²) >= 11 is 12.5. The maximum Gasteiger partial charge on any atom is 0.238 e. The molecule has 0 bridgehead atoms. The maximum absolute atomic E-state index is 15.6. The third-order valence-electron chi connectivity index (χ3n) is 8.32. The van der Waals surface area contributed by atoms with Gasteiger partial charge in [0, 0.05) is 40.9 Å². The second-order valence-electron chi connectivity index (χ2n) is 12.5. The van der Waals surface area contributed by atoms with E-state index in [0.717, 1.165) is 6.07 Å². The summed E-state index contributed by atoms with van der Waals surface area (Å²) in [6, 6.07) is 12.7. The highest BCUT2D eigenvalue weighted by Crippen LogP contribution is 2.59. The second kappa shape index (κ2) is 13.2. The molecule has 2 aliphatic heterocycles. The van der Waals surface area contributed by atoms with Crippen molar-refractivity contribution in [3.8, 4) is 5.75 Å². The first-order valence-electron chi connectivity index (χ1n) is 14.4. The van der Waals surface area contributed by atoms with Crippen LogP contribution in [0.15, 0.2) is 54.6 Å². The van der Waals surface area contributed by atoms with Crippen LogP contribution in [0.25, 0.3) is 0 Å². The lowest BCUT2D eigenvalue weighted by molar-refractivity contribution is -0.131. The van der Waals surface area contributed by atoms with Gasteiger partial charge in [0.15, 0.2) is 11.6 Å². The van der Waals surface area contributed by atoms with Crippen LogP contribution in [0, 0.1) is 11.6 Å². The third-order valence-corrected chi connectivity index (χ3v) is 11.5. The topological polar surface area (TPSA) is 76.7 Å². The summed E-state index contributed by atoms with van der Waals surface area (Å²) in [6.45, 7) is 12.6. The molecule has 4 atom stereocenters. The summed E-state index contributed by atoms with van der Waals surface area (Å²) in [7, 11) is 0.798. The quantitative estimate of drug-likeness (QED) is 0.261. The lowest BCUT2D eigenvalue weighted by Gasteiger charge is -2.46. The SMILES string of the molecule is CC(C)Oc1ccc(F)c(F)c1C1NC(=O)CC(c2cccc(Cl)c2)C12C(=O)Nc1cc(Cl)ccc12.COC(C)[Si](C)(C)C. The molecule has 4 unspecified atom stereocenters. The van der Waals surface area contributed by atoms with Gasteiger partial charge in [0.05, 0.1) is 25.8 Å². The van der Waals surface area contributed by atoms with Crippen molar-refractivity contribution in [1.29, 1.82) is 0 Å². The molecule has 1 fully saturated rings. The van der Waals surface area contributed by atoms with Crippen LogP contribution in [-0.2, 0) is 19.7 Å². The van der Waals surface area contributed by atoms with E-state index in [4.69, 9.17) is 32.7 Å². The lowest BCUT2D eigenvalue weighted by atomic mass is 9.59. The van der Waals surface area contributed by atoms with E-state index in [2.05, 4.69) is 37.2 Å². The number of benzene rings is 3. The number of methoxy groups -OCH3 is 1.